The summed E-state index contributed by atoms with van der Waals surface area (Å²) in [6.45, 7) is 7.75. The molecule has 29 heavy (non-hydrogen) atoms. The number of aryl methyl sites for hydroxylation is 1. The van der Waals surface area contributed by atoms with Crippen LogP contribution in [0.1, 0.15) is 37.7 Å². The van der Waals surface area contributed by atoms with Crippen molar-refractivity contribution in [2.45, 2.75) is 33.1 Å². The number of halogens is 1. The average molecular weight is 412 g/mol. The number of carbonyl (C=O) groups excluding carboxylic acids is 1. The number of hydrogen-bond acceptors (Lipinski definition) is 4. The number of amides is 1. The summed E-state index contributed by atoms with van der Waals surface area (Å²) < 4.78 is 1.43. The fourth-order valence-electron chi connectivity index (χ4n) is 2.61. The van der Waals surface area contributed by atoms with Crippen LogP contribution in [-0.4, -0.2) is 25.7 Å². The van der Waals surface area contributed by atoms with Crippen molar-refractivity contribution in [1.82, 2.24) is 19.7 Å². The fraction of sp³-hybridized carbons (Fsp3) is 0.238. The molecule has 150 valence electrons. The van der Waals surface area contributed by atoms with Gasteiger partial charge in [0.25, 0.3) is 5.56 Å². The Labute approximate surface area is 173 Å². The molecule has 0 aliphatic carbocycles. The third-order valence-corrected chi connectivity index (χ3v) is 4.45. The van der Waals surface area contributed by atoms with Crippen LogP contribution in [0.4, 0.5) is 5.82 Å². The maximum Gasteiger partial charge on any atom is 0.252 e. The van der Waals surface area contributed by atoms with Gasteiger partial charge in [0.05, 0.1) is 5.69 Å². The molecule has 0 spiro atoms. The monoisotopic (exact) mass is 411 g/mol. The predicted octanol–water partition coefficient (Wildman–Crippen LogP) is 3.87. The fourth-order valence-corrected chi connectivity index (χ4v) is 2.80. The number of nitrogens with zero attached hydrogens (tertiary/aromatic N) is 3. The summed E-state index contributed by atoms with van der Waals surface area (Å²) in [5.74, 6) is 0.273. The zero-order chi connectivity index (χ0) is 21.2. The van der Waals surface area contributed by atoms with Crippen LogP contribution in [0, 0.1) is 6.92 Å². The van der Waals surface area contributed by atoms with Crippen LogP contribution in [0.2, 0.25) is 5.02 Å². The van der Waals surface area contributed by atoms with E-state index in [0.29, 0.717) is 16.5 Å². The van der Waals surface area contributed by atoms with Gasteiger partial charge in [0, 0.05) is 34.3 Å². The van der Waals surface area contributed by atoms with Gasteiger partial charge in [-0.25, -0.2) is 4.98 Å². The van der Waals surface area contributed by atoms with Crippen molar-refractivity contribution < 1.29 is 4.79 Å². The van der Waals surface area contributed by atoms with Gasteiger partial charge >= 0.3 is 0 Å². The molecule has 0 atom stereocenters. The smallest absolute Gasteiger partial charge is 0.252 e. The topological polar surface area (TPSA) is 92.7 Å². The molecular formula is C21H22ClN5O2. The van der Waals surface area contributed by atoms with E-state index < -0.39 is 0 Å². The van der Waals surface area contributed by atoms with Crippen LogP contribution in [-0.2, 0) is 10.2 Å². The molecule has 2 N–H and O–H groups in total. The van der Waals surface area contributed by atoms with Gasteiger partial charge in [-0.15, -0.1) is 0 Å². The van der Waals surface area contributed by atoms with E-state index in [2.05, 4.69) is 20.4 Å². The highest BCUT2D eigenvalue weighted by molar-refractivity contribution is 6.32. The second-order valence-corrected chi connectivity index (χ2v) is 8.04. The highest BCUT2D eigenvalue weighted by Crippen LogP contribution is 2.25. The molecule has 1 aromatic carbocycles. The molecule has 2 heterocycles. The van der Waals surface area contributed by atoms with Crippen molar-refractivity contribution >= 4 is 29.4 Å². The summed E-state index contributed by atoms with van der Waals surface area (Å²) >= 11 is 6.12. The molecule has 0 aliphatic rings. The summed E-state index contributed by atoms with van der Waals surface area (Å²) in [5, 5.41) is 7.90. The summed E-state index contributed by atoms with van der Waals surface area (Å²) in [7, 11) is 0. The Morgan fingerprint density at radius 1 is 1.24 bits per heavy atom. The number of aromatic nitrogens is 4. The van der Waals surface area contributed by atoms with Gasteiger partial charge in [-0.1, -0.05) is 50.6 Å². The van der Waals surface area contributed by atoms with Crippen LogP contribution < -0.4 is 10.9 Å². The van der Waals surface area contributed by atoms with Gasteiger partial charge in [0.2, 0.25) is 11.9 Å². The van der Waals surface area contributed by atoms with E-state index >= 15 is 0 Å². The molecule has 0 bridgehead atoms. The molecule has 0 radical (unpaired) electrons. The number of H-pyrrole nitrogens is 1. The maximum absolute atomic E-state index is 12.5. The van der Waals surface area contributed by atoms with Crippen molar-refractivity contribution in [3.05, 3.63) is 74.8 Å². The lowest BCUT2D eigenvalue weighted by molar-refractivity contribution is -0.111. The minimum Gasteiger partial charge on any atom is -0.307 e. The number of carbonyl (C=O) groups is 1. The van der Waals surface area contributed by atoms with Crippen molar-refractivity contribution in [3.8, 4) is 5.95 Å². The van der Waals surface area contributed by atoms with Crippen molar-refractivity contribution in [3.63, 3.8) is 0 Å². The highest BCUT2D eigenvalue weighted by atomic mass is 35.5. The van der Waals surface area contributed by atoms with E-state index in [9.17, 15) is 9.59 Å². The minimum atomic E-state index is -0.360. The van der Waals surface area contributed by atoms with E-state index in [4.69, 9.17) is 11.6 Å². The number of rotatable bonds is 4. The molecule has 0 fully saturated rings. The number of benzene rings is 1. The predicted molar refractivity (Wildman–Crippen MR) is 115 cm³/mol. The second kappa shape index (κ2) is 8.05. The van der Waals surface area contributed by atoms with Crippen LogP contribution in [0.3, 0.4) is 0 Å². The Bertz CT molecular complexity index is 1140. The molecule has 0 aliphatic heterocycles. The third kappa shape index (κ3) is 5.00. The Hall–Kier alpha value is -3.19. The van der Waals surface area contributed by atoms with Crippen LogP contribution in [0.5, 0.6) is 0 Å². The van der Waals surface area contributed by atoms with Gasteiger partial charge in [-0.05, 0) is 24.6 Å². The second-order valence-electron chi connectivity index (χ2n) is 7.63. The zero-order valence-corrected chi connectivity index (χ0v) is 17.4. The summed E-state index contributed by atoms with van der Waals surface area (Å²) in [5.41, 5.74) is 1.47. The van der Waals surface area contributed by atoms with E-state index in [-0.39, 0.29) is 22.8 Å². The molecule has 1 amide bonds. The van der Waals surface area contributed by atoms with Crippen LogP contribution in [0.25, 0.3) is 12.0 Å². The van der Waals surface area contributed by atoms with E-state index in [0.717, 1.165) is 11.3 Å². The standard InChI is InChI=1S/C21H22ClN5O2/c1-13-11-19(29)25-20(23-13)27-17(12-16(26-27)21(2,3)4)24-18(28)10-9-14-7-5-6-8-15(14)22/h5-12H,1-4H3,(H,24,28)(H,23,25,29)/b10-9+. The molecular weight excluding hydrogens is 390 g/mol. The van der Waals surface area contributed by atoms with Crippen molar-refractivity contribution in [2.75, 3.05) is 5.32 Å². The van der Waals surface area contributed by atoms with Crippen LogP contribution in [0.15, 0.2) is 47.3 Å². The first kappa shape index (κ1) is 20.5. The molecule has 3 rings (SSSR count). The highest BCUT2D eigenvalue weighted by Gasteiger charge is 2.22. The number of aromatic amines is 1. The normalized spacial score (nSPS) is 11.8. The average Bonchev–Trinajstić information content (AvgIpc) is 3.04. The Balaban J connectivity index is 1.95. The number of anilines is 1. The first-order valence-electron chi connectivity index (χ1n) is 9.06. The van der Waals surface area contributed by atoms with Gasteiger partial charge in [0.15, 0.2) is 0 Å². The molecule has 3 aromatic rings. The lowest BCUT2D eigenvalue weighted by Crippen LogP contribution is -2.18. The van der Waals surface area contributed by atoms with E-state index in [1.165, 1.54) is 16.8 Å². The summed E-state index contributed by atoms with van der Waals surface area (Å²) in [4.78, 5) is 31.4. The summed E-state index contributed by atoms with van der Waals surface area (Å²) in [6, 6.07) is 10.4. The Kier molecular flexibility index (Phi) is 5.70. The molecule has 2 aromatic heterocycles. The third-order valence-electron chi connectivity index (χ3n) is 4.11. The SMILES string of the molecule is Cc1cc(=O)[nH]c(-n2nc(C(C)(C)C)cc2NC(=O)/C=C/c2ccccc2Cl)n1. The lowest BCUT2D eigenvalue weighted by atomic mass is 9.92. The number of nitrogens with one attached hydrogen (secondary N) is 2. The van der Waals surface area contributed by atoms with Crippen molar-refractivity contribution in [1.29, 1.82) is 0 Å². The van der Waals surface area contributed by atoms with E-state index in [1.807, 2.05) is 39.0 Å². The summed E-state index contributed by atoms with van der Waals surface area (Å²) in [6.07, 6.45) is 3.03. The molecule has 8 heteroatoms. The van der Waals surface area contributed by atoms with Gasteiger partial charge in [0.1, 0.15) is 5.82 Å². The van der Waals surface area contributed by atoms with E-state index in [1.54, 1.807) is 25.1 Å². The largest absolute Gasteiger partial charge is 0.307 e. The van der Waals surface area contributed by atoms with Gasteiger partial charge in [-0.3, -0.25) is 14.6 Å². The number of hydrogen-bond donors (Lipinski definition) is 2. The Morgan fingerprint density at radius 2 is 1.97 bits per heavy atom. The first-order valence-corrected chi connectivity index (χ1v) is 9.44. The minimum absolute atomic E-state index is 0.232. The lowest BCUT2D eigenvalue weighted by Gasteiger charge is -2.13. The Morgan fingerprint density at radius 3 is 2.62 bits per heavy atom. The molecule has 0 unspecified atom stereocenters. The first-order chi connectivity index (χ1) is 13.6. The van der Waals surface area contributed by atoms with Gasteiger partial charge < -0.3 is 5.32 Å². The molecule has 0 saturated carbocycles. The quantitative estimate of drug-likeness (QED) is 0.637. The van der Waals surface area contributed by atoms with Crippen LogP contribution >= 0.6 is 11.6 Å². The maximum atomic E-state index is 12.5. The molecule has 0 saturated heterocycles. The zero-order valence-electron chi connectivity index (χ0n) is 16.7. The van der Waals surface area contributed by atoms with Crippen molar-refractivity contribution in [2.24, 2.45) is 0 Å². The van der Waals surface area contributed by atoms with Gasteiger partial charge in [-0.2, -0.15) is 9.78 Å². The molecule has 7 nitrogen and oxygen atoms in total.